The molecule has 1 aliphatic heterocycles. The molecule has 5 heteroatoms. The van der Waals surface area contributed by atoms with Crippen LogP contribution in [-0.2, 0) is 14.6 Å². The zero-order valence-electron chi connectivity index (χ0n) is 9.14. The van der Waals surface area contributed by atoms with E-state index >= 15 is 0 Å². The Kier molecular flexibility index (Phi) is 3.54. The van der Waals surface area contributed by atoms with Gasteiger partial charge in [-0.25, -0.2) is 8.42 Å². The smallest absolute Gasteiger partial charge is 0.246 e. The molecule has 1 aliphatic rings. The van der Waals surface area contributed by atoms with Gasteiger partial charge in [0.05, 0.1) is 11.5 Å². The Balaban J connectivity index is 2.90. The predicted molar refractivity (Wildman–Crippen MR) is 59.2 cm³/mol. The van der Waals surface area contributed by atoms with Crippen LogP contribution in [0.5, 0.6) is 0 Å². The van der Waals surface area contributed by atoms with Crippen molar-refractivity contribution in [2.75, 3.05) is 18.1 Å². The third-order valence-corrected chi connectivity index (χ3v) is 4.35. The largest absolute Gasteiger partial charge is 0.334 e. The highest BCUT2D eigenvalue weighted by Gasteiger charge is 2.34. The molecule has 0 bridgehead atoms. The van der Waals surface area contributed by atoms with Crippen molar-refractivity contribution in [3.8, 4) is 0 Å². The van der Waals surface area contributed by atoms with Crippen LogP contribution < -0.4 is 0 Å². The van der Waals surface area contributed by atoms with Gasteiger partial charge in [-0.2, -0.15) is 0 Å². The molecular weight excluding hydrogens is 214 g/mol. The molecule has 1 heterocycles. The first-order valence-electron chi connectivity index (χ1n) is 5.01. The van der Waals surface area contributed by atoms with Crippen LogP contribution in [0, 0.1) is 5.92 Å². The van der Waals surface area contributed by atoms with E-state index in [2.05, 4.69) is 6.58 Å². The average molecular weight is 231 g/mol. The molecule has 0 radical (unpaired) electrons. The molecule has 1 saturated heterocycles. The number of rotatable bonds is 2. The lowest BCUT2D eigenvalue weighted by molar-refractivity contribution is -0.128. The number of hydrogen-bond donors (Lipinski definition) is 0. The summed E-state index contributed by atoms with van der Waals surface area (Å²) < 4.78 is 22.9. The zero-order chi connectivity index (χ0) is 11.6. The highest BCUT2D eigenvalue weighted by atomic mass is 32.2. The summed E-state index contributed by atoms with van der Waals surface area (Å²) in [6.07, 6.45) is 1.24. The molecule has 1 unspecified atom stereocenters. The van der Waals surface area contributed by atoms with Gasteiger partial charge < -0.3 is 4.90 Å². The van der Waals surface area contributed by atoms with E-state index in [1.165, 1.54) is 6.08 Å². The molecule has 1 atom stereocenters. The van der Waals surface area contributed by atoms with Crippen LogP contribution in [0.25, 0.3) is 0 Å². The van der Waals surface area contributed by atoms with E-state index in [1.54, 1.807) is 4.90 Å². The predicted octanol–water partition coefficient (Wildman–Crippen LogP) is 0.454. The van der Waals surface area contributed by atoms with Crippen molar-refractivity contribution in [2.24, 2.45) is 5.92 Å². The summed E-state index contributed by atoms with van der Waals surface area (Å²) in [5.41, 5.74) is 0. The molecule has 0 aromatic carbocycles. The van der Waals surface area contributed by atoms with Crippen molar-refractivity contribution >= 4 is 15.7 Å². The first-order valence-corrected chi connectivity index (χ1v) is 6.83. The molecule has 1 amide bonds. The van der Waals surface area contributed by atoms with Gasteiger partial charge in [-0.05, 0) is 12.0 Å². The van der Waals surface area contributed by atoms with Crippen LogP contribution >= 0.6 is 0 Å². The maximum atomic E-state index is 11.5. The molecular formula is C10H17NO3S. The summed E-state index contributed by atoms with van der Waals surface area (Å²) in [6.45, 7) is 7.56. The lowest BCUT2D eigenvalue weighted by Crippen LogP contribution is -2.52. The molecule has 0 aromatic rings. The second-order valence-electron chi connectivity index (χ2n) is 4.16. The molecule has 15 heavy (non-hydrogen) atoms. The Labute approximate surface area is 90.9 Å². The van der Waals surface area contributed by atoms with Crippen molar-refractivity contribution in [1.29, 1.82) is 0 Å². The topological polar surface area (TPSA) is 54.5 Å². The fourth-order valence-electron chi connectivity index (χ4n) is 1.78. The van der Waals surface area contributed by atoms with Crippen LogP contribution in [0.1, 0.15) is 13.8 Å². The van der Waals surface area contributed by atoms with Crippen LogP contribution in [0.3, 0.4) is 0 Å². The van der Waals surface area contributed by atoms with E-state index in [9.17, 15) is 13.2 Å². The van der Waals surface area contributed by atoms with Gasteiger partial charge in [0.15, 0.2) is 9.84 Å². The van der Waals surface area contributed by atoms with Crippen molar-refractivity contribution in [3.05, 3.63) is 12.7 Å². The van der Waals surface area contributed by atoms with Crippen molar-refractivity contribution in [2.45, 2.75) is 19.9 Å². The van der Waals surface area contributed by atoms with Crippen LogP contribution in [-0.4, -0.2) is 43.3 Å². The standard InChI is InChI=1S/C10H17NO3S/c1-4-10(12)11-5-6-15(13,14)7-9(11)8(2)3/h4,8-9H,1,5-7H2,2-3H3. The third-order valence-electron chi connectivity index (χ3n) is 2.70. The number of nitrogens with zero attached hydrogens (tertiary/aromatic N) is 1. The Morgan fingerprint density at radius 2 is 2.13 bits per heavy atom. The quantitative estimate of drug-likeness (QED) is 0.649. The van der Waals surface area contributed by atoms with Crippen LogP contribution in [0.2, 0.25) is 0 Å². The third kappa shape index (κ3) is 2.81. The number of sulfone groups is 1. The number of carbonyl (C=O) groups is 1. The first-order chi connectivity index (χ1) is 6.87. The molecule has 0 N–H and O–H groups in total. The molecule has 0 saturated carbocycles. The summed E-state index contributed by atoms with van der Waals surface area (Å²) in [6, 6.07) is -0.214. The Morgan fingerprint density at radius 3 is 2.60 bits per heavy atom. The minimum atomic E-state index is -2.98. The normalized spacial score (nSPS) is 25.3. The van der Waals surface area contributed by atoms with Gasteiger partial charge in [-0.15, -0.1) is 0 Å². The molecule has 0 spiro atoms. The number of amides is 1. The highest BCUT2D eigenvalue weighted by molar-refractivity contribution is 7.91. The first kappa shape index (κ1) is 12.2. The van der Waals surface area contributed by atoms with E-state index < -0.39 is 9.84 Å². The van der Waals surface area contributed by atoms with Gasteiger partial charge in [-0.3, -0.25) is 4.79 Å². The number of carbonyl (C=O) groups excluding carboxylic acids is 1. The lowest BCUT2D eigenvalue weighted by atomic mass is 10.0. The van der Waals surface area contributed by atoms with Gasteiger partial charge in [0.1, 0.15) is 0 Å². The molecule has 86 valence electrons. The monoisotopic (exact) mass is 231 g/mol. The van der Waals surface area contributed by atoms with Gasteiger partial charge >= 0.3 is 0 Å². The summed E-state index contributed by atoms with van der Waals surface area (Å²) >= 11 is 0. The summed E-state index contributed by atoms with van der Waals surface area (Å²) in [5, 5.41) is 0. The fourth-order valence-corrected chi connectivity index (χ4v) is 3.51. The second-order valence-corrected chi connectivity index (χ2v) is 6.39. The molecule has 0 aliphatic carbocycles. The van der Waals surface area contributed by atoms with Gasteiger partial charge in [-0.1, -0.05) is 20.4 Å². The van der Waals surface area contributed by atoms with Gasteiger partial charge in [0.2, 0.25) is 5.91 Å². The van der Waals surface area contributed by atoms with Crippen LogP contribution in [0.15, 0.2) is 12.7 Å². The summed E-state index contributed by atoms with van der Waals surface area (Å²) in [5.74, 6) is 0.104. The lowest BCUT2D eigenvalue weighted by Gasteiger charge is -2.37. The van der Waals surface area contributed by atoms with E-state index in [0.717, 1.165) is 0 Å². The zero-order valence-corrected chi connectivity index (χ0v) is 9.96. The Bertz CT molecular complexity index is 359. The van der Waals surface area contributed by atoms with E-state index in [4.69, 9.17) is 0 Å². The van der Waals surface area contributed by atoms with Gasteiger partial charge in [0, 0.05) is 12.6 Å². The fraction of sp³-hybridized carbons (Fsp3) is 0.700. The maximum Gasteiger partial charge on any atom is 0.246 e. The molecule has 0 aromatic heterocycles. The minimum Gasteiger partial charge on any atom is -0.334 e. The maximum absolute atomic E-state index is 11.5. The van der Waals surface area contributed by atoms with Crippen molar-refractivity contribution < 1.29 is 13.2 Å². The minimum absolute atomic E-state index is 0.0653. The molecule has 1 rings (SSSR count). The van der Waals surface area contributed by atoms with E-state index in [1.807, 2.05) is 13.8 Å². The summed E-state index contributed by atoms with van der Waals surface area (Å²) in [4.78, 5) is 13.1. The van der Waals surface area contributed by atoms with Gasteiger partial charge in [0.25, 0.3) is 0 Å². The molecule has 1 fully saturated rings. The second kappa shape index (κ2) is 4.35. The number of hydrogen-bond acceptors (Lipinski definition) is 3. The Morgan fingerprint density at radius 1 is 1.53 bits per heavy atom. The average Bonchev–Trinajstić information content (AvgIpc) is 2.15. The summed E-state index contributed by atoms with van der Waals surface area (Å²) in [7, 11) is -2.98. The van der Waals surface area contributed by atoms with Crippen LogP contribution in [0.4, 0.5) is 0 Å². The highest BCUT2D eigenvalue weighted by Crippen LogP contribution is 2.19. The van der Waals surface area contributed by atoms with Crippen molar-refractivity contribution in [1.82, 2.24) is 4.90 Å². The molecule has 4 nitrogen and oxygen atoms in total. The Hall–Kier alpha value is -0.840. The SMILES string of the molecule is C=CC(=O)N1CCS(=O)(=O)CC1C(C)C. The van der Waals surface area contributed by atoms with E-state index in [0.29, 0.717) is 0 Å². The van der Waals surface area contributed by atoms with E-state index in [-0.39, 0.29) is 35.9 Å². The van der Waals surface area contributed by atoms with Crippen molar-refractivity contribution in [3.63, 3.8) is 0 Å².